The number of Topliss-reactive ketones (excluding diaryl/α,β-unsaturated/α-hetero) is 1. The number of aliphatic carboxylic acids is 1. The molecular weight excluding hydrogens is 423 g/mol. The number of fused-ring (bicyclic) bond motifs is 1. The minimum absolute atomic E-state index is 0.0933. The van der Waals surface area contributed by atoms with Gasteiger partial charge >= 0.3 is 5.97 Å². The molecule has 5 rings (SSSR count). The number of benzene rings is 3. The van der Waals surface area contributed by atoms with Crippen molar-refractivity contribution in [1.29, 1.82) is 0 Å². The average Bonchev–Trinajstić information content (AvgIpc) is 3.46. The standard InChI is InChI=1S/C26H21FN2O4/c27-18-10-13-22-23(14-18)33-26(29-22)28-19-11-8-16(9-12-19)15-4-6-17(7-5-15)24(30)20-2-1-3-21(20)25(31)32/h4-14,20-21H,1-3H2,(H,28,29)(H,31,32)/t20-,21-/m0/s1. The Balaban J connectivity index is 1.29. The Kier molecular flexibility index (Phi) is 5.38. The molecule has 2 N–H and O–H groups in total. The fourth-order valence-corrected chi connectivity index (χ4v) is 4.43. The zero-order valence-corrected chi connectivity index (χ0v) is 17.6. The lowest BCUT2D eigenvalue weighted by Gasteiger charge is -2.14. The van der Waals surface area contributed by atoms with Crippen molar-refractivity contribution in [3.8, 4) is 11.1 Å². The van der Waals surface area contributed by atoms with Gasteiger partial charge in [0.15, 0.2) is 11.4 Å². The number of carbonyl (C=O) groups is 2. The second-order valence-corrected chi connectivity index (χ2v) is 8.26. The van der Waals surface area contributed by atoms with Crippen molar-refractivity contribution >= 4 is 34.6 Å². The molecule has 0 aliphatic heterocycles. The third-order valence-electron chi connectivity index (χ3n) is 6.16. The number of rotatable bonds is 6. The van der Waals surface area contributed by atoms with Gasteiger partial charge in [-0.2, -0.15) is 4.98 Å². The van der Waals surface area contributed by atoms with Crippen molar-refractivity contribution in [1.82, 2.24) is 4.98 Å². The van der Waals surface area contributed by atoms with E-state index >= 15 is 0 Å². The molecule has 7 heteroatoms. The summed E-state index contributed by atoms with van der Waals surface area (Å²) in [6.45, 7) is 0. The molecule has 0 unspecified atom stereocenters. The van der Waals surface area contributed by atoms with E-state index in [0.29, 0.717) is 29.5 Å². The summed E-state index contributed by atoms with van der Waals surface area (Å²) in [7, 11) is 0. The lowest BCUT2D eigenvalue weighted by molar-refractivity contribution is -0.142. The Morgan fingerprint density at radius 1 is 0.939 bits per heavy atom. The number of nitrogens with zero attached hydrogens (tertiary/aromatic N) is 1. The Labute approximate surface area is 189 Å². The summed E-state index contributed by atoms with van der Waals surface area (Å²) in [5, 5.41) is 12.4. The molecular formula is C26H21FN2O4. The number of nitrogens with one attached hydrogen (secondary N) is 1. The number of anilines is 2. The van der Waals surface area contributed by atoms with Crippen LogP contribution < -0.4 is 5.32 Å². The van der Waals surface area contributed by atoms with E-state index in [4.69, 9.17) is 4.42 Å². The van der Waals surface area contributed by atoms with E-state index in [2.05, 4.69) is 10.3 Å². The lowest BCUT2D eigenvalue weighted by atomic mass is 9.88. The normalized spacial score (nSPS) is 17.8. The van der Waals surface area contributed by atoms with Gasteiger partial charge in [0.2, 0.25) is 0 Å². The van der Waals surface area contributed by atoms with Crippen molar-refractivity contribution in [3.05, 3.63) is 78.1 Å². The second kappa shape index (κ2) is 8.50. The van der Waals surface area contributed by atoms with E-state index < -0.39 is 17.8 Å². The Morgan fingerprint density at radius 2 is 1.61 bits per heavy atom. The summed E-state index contributed by atoms with van der Waals surface area (Å²) >= 11 is 0. The molecule has 0 radical (unpaired) electrons. The zero-order chi connectivity index (χ0) is 22.9. The highest BCUT2D eigenvalue weighted by Gasteiger charge is 2.37. The Morgan fingerprint density at radius 3 is 2.30 bits per heavy atom. The maximum atomic E-state index is 13.3. The lowest BCUT2D eigenvalue weighted by Crippen LogP contribution is -2.25. The smallest absolute Gasteiger partial charge is 0.307 e. The zero-order valence-electron chi connectivity index (χ0n) is 17.6. The first-order valence-electron chi connectivity index (χ1n) is 10.8. The van der Waals surface area contributed by atoms with E-state index in [1.807, 2.05) is 36.4 Å². The predicted molar refractivity (Wildman–Crippen MR) is 122 cm³/mol. The largest absolute Gasteiger partial charge is 0.481 e. The quantitative estimate of drug-likeness (QED) is 0.351. The van der Waals surface area contributed by atoms with Gasteiger partial charge in [-0.3, -0.25) is 9.59 Å². The number of halogens is 1. The molecule has 1 saturated carbocycles. The Bertz CT molecular complexity index is 1330. The highest BCUT2D eigenvalue weighted by molar-refractivity contribution is 6.00. The molecule has 4 aromatic rings. The summed E-state index contributed by atoms with van der Waals surface area (Å²) < 4.78 is 18.9. The molecule has 0 bridgehead atoms. The number of carbonyl (C=O) groups excluding carboxylic acids is 1. The van der Waals surface area contributed by atoms with Gasteiger partial charge < -0.3 is 14.8 Å². The first-order chi connectivity index (χ1) is 16.0. The molecule has 0 spiro atoms. The van der Waals surface area contributed by atoms with Gasteiger partial charge in [-0.25, -0.2) is 4.39 Å². The molecule has 166 valence electrons. The van der Waals surface area contributed by atoms with E-state index in [-0.39, 0.29) is 17.6 Å². The van der Waals surface area contributed by atoms with Crippen LogP contribution in [0.15, 0.2) is 71.1 Å². The van der Waals surface area contributed by atoms with E-state index in [0.717, 1.165) is 23.2 Å². The number of hydrogen-bond acceptors (Lipinski definition) is 5. The SMILES string of the molecule is O=C(O)[C@H]1CCC[C@@H]1C(=O)c1ccc(-c2ccc(Nc3nc4ccc(F)cc4o3)cc2)cc1. The Hall–Kier alpha value is -4.00. The van der Waals surface area contributed by atoms with Gasteiger partial charge in [-0.15, -0.1) is 0 Å². The van der Waals surface area contributed by atoms with Crippen LogP contribution in [0.5, 0.6) is 0 Å². The van der Waals surface area contributed by atoms with Crippen LogP contribution in [0.4, 0.5) is 16.1 Å². The predicted octanol–water partition coefficient (Wildman–Crippen LogP) is 6.06. The van der Waals surface area contributed by atoms with Crippen molar-refractivity contribution in [2.75, 3.05) is 5.32 Å². The number of carboxylic acid groups (broad SMARTS) is 1. The minimum Gasteiger partial charge on any atom is -0.481 e. The fraction of sp³-hybridized carbons (Fsp3) is 0.192. The van der Waals surface area contributed by atoms with Crippen LogP contribution >= 0.6 is 0 Å². The van der Waals surface area contributed by atoms with Crippen LogP contribution in [0.2, 0.25) is 0 Å². The number of aromatic nitrogens is 1. The van der Waals surface area contributed by atoms with Crippen molar-refractivity contribution in [2.24, 2.45) is 11.8 Å². The van der Waals surface area contributed by atoms with Gasteiger partial charge in [0.05, 0.1) is 5.92 Å². The van der Waals surface area contributed by atoms with Gasteiger partial charge in [-0.05, 0) is 48.2 Å². The fourth-order valence-electron chi connectivity index (χ4n) is 4.43. The number of hydrogen-bond donors (Lipinski definition) is 2. The van der Waals surface area contributed by atoms with Crippen LogP contribution in [-0.2, 0) is 4.79 Å². The molecule has 3 aromatic carbocycles. The van der Waals surface area contributed by atoms with Gasteiger partial charge in [-0.1, -0.05) is 42.8 Å². The molecule has 1 aliphatic carbocycles. The second-order valence-electron chi connectivity index (χ2n) is 8.26. The molecule has 33 heavy (non-hydrogen) atoms. The van der Waals surface area contributed by atoms with Crippen molar-refractivity contribution in [3.63, 3.8) is 0 Å². The molecule has 0 amide bonds. The highest BCUT2D eigenvalue weighted by Crippen LogP contribution is 2.35. The third kappa shape index (κ3) is 4.22. The molecule has 1 aliphatic rings. The van der Waals surface area contributed by atoms with E-state index in [1.54, 1.807) is 18.2 Å². The van der Waals surface area contributed by atoms with E-state index in [1.165, 1.54) is 12.1 Å². The molecule has 1 fully saturated rings. The monoisotopic (exact) mass is 444 g/mol. The average molecular weight is 444 g/mol. The first-order valence-corrected chi connectivity index (χ1v) is 10.8. The summed E-state index contributed by atoms with van der Waals surface area (Å²) in [5.41, 5.74) is 4.15. The summed E-state index contributed by atoms with van der Waals surface area (Å²) in [6.07, 6.45) is 1.96. The van der Waals surface area contributed by atoms with Crippen LogP contribution in [0.3, 0.4) is 0 Å². The number of carboxylic acids is 1. The van der Waals surface area contributed by atoms with Crippen LogP contribution in [0.25, 0.3) is 22.2 Å². The van der Waals surface area contributed by atoms with Gasteiger partial charge in [0.25, 0.3) is 6.01 Å². The summed E-state index contributed by atoms with van der Waals surface area (Å²) in [5.74, 6) is -2.39. The maximum Gasteiger partial charge on any atom is 0.307 e. The number of ketones is 1. The minimum atomic E-state index is -0.888. The number of oxazole rings is 1. The van der Waals surface area contributed by atoms with Crippen LogP contribution in [0, 0.1) is 17.7 Å². The van der Waals surface area contributed by atoms with E-state index in [9.17, 15) is 19.1 Å². The topological polar surface area (TPSA) is 92.4 Å². The van der Waals surface area contributed by atoms with Crippen molar-refractivity contribution < 1.29 is 23.5 Å². The molecule has 1 heterocycles. The molecule has 6 nitrogen and oxygen atoms in total. The van der Waals surface area contributed by atoms with Gasteiger partial charge in [0.1, 0.15) is 11.3 Å². The molecule has 2 atom stereocenters. The molecule has 1 aromatic heterocycles. The van der Waals surface area contributed by atoms with Crippen molar-refractivity contribution in [2.45, 2.75) is 19.3 Å². The maximum absolute atomic E-state index is 13.3. The highest BCUT2D eigenvalue weighted by atomic mass is 19.1. The van der Waals surface area contributed by atoms with Crippen LogP contribution in [0.1, 0.15) is 29.6 Å². The summed E-state index contributed by atoms with van der Waals surface area (Å²) in [6, 6.07) is 19.3. The van der Waals surface area contributed by atoms with Gasteiger partial charge in [0, 0.05) is 23.2 Å². The first kappa shape index (κ1) is 20.9. The molecule has 0 saturated heterocycles. The van der Waals surface area contributed by atoms with Crippen LogP contribution in [-0.4, -0.2) is 21.8 Å². The summed E-state index contributed by atoms with van der Waals surface area (Å²) in [4.78, 5) is 28.5. The third-order valence-corrected chi connectivity index (χ3v) is 6.16.